The fraction of sp³-hybridized carbons (Fsp3) is 0.273. The predicted molar refractivity (Wildman–Crippen MR) is 67.2 cm³/mol. The van der Waals surface area contributed by atoms with Crippen molar-refractivity contribution >= 4 is 28.3 Å². The van der Waals surface area contributed by atoms with Gasteiger partial charge in [-0.1, -0.05) is 24.3 Å². The van der Waals surface area contributed by atoms with Crippen molar-refractivity contribution in [3.05, 3.63) is 40.0 Å². The van der Waals surface area contributed by atoms with Gasteiger partial charge in [0.15, 0.2) is 0 Å². The first-order valence-corrected chi connectivity index (χ1v) is 5.40. The molecule has 0 bridgehead atoms. The predicted octanol–water partition coefficient (Wildman–Crippen LogP) is 3.30. The molecule has 1 aromatic rings. The number of anilines is 1. The third-order valence-electron chi connectivity index (χ3n) is 1.88. The van der Waals surface area contributed by atoms with E-state index in [1.54, 1.807) is 0 Å². The van der Waals surface area contributed by atoms with Gasteiger partial charge in [0.1, 0.15) is 0 Å². The Morgan fingerprint density at radius 1 is 1.38 bits per heavy atom. The number of nitrogens with zero attached hydrogens (tertiary/aromatic N) is 1. The maximum atomic E-state index is 2.36. The van der Waals surface area contributed by atoms with Crippen LogP contribution in [-0.2, 0) is 0 Å². The molecular weight excluding hydrogens is 273 g/mol. The summed E-state index contributed by atoms with van der Waals surface area (Å²) in [4.78, 5) is 2.24. The Morgan fingerprint density at radius 2 is 2.08 bits per heavy atom. The minimum absolute atomic E-state index is 0.969. The maximum absolute atomic E-state index is 2.36. The quantitative estimate of drug-likeness (QED) is 0.609. The van der Waals surface area contributed by atoms with Crippen molar-refractivity contribution < 1.29 is 0 Å². The molecule has 0 aliphatic heterocycles. The normalized spacial score (nSPS) is 10.7. The van der Waals surface area contributed by atoms with Crippen molar-refractivity contribution in [1.82, 2.24) is 0 Å². The number of hydrogen-bond donors (Lipinski definition) is 0. The molecule has 0 spiro atoms. The van der Waals surface area contributed by atoms with E-state index in [0.29, 0.717) is 0 Å². The maximum Gasteiger partial charge on any atom is 0.0502 e. The summed E-state index contributed by atoms with van der Waals surface area (Å²) in [6.45, 7) is 3.01. The molecule has 70 valence electrons. The highest BCUT2D eigenvalue weighted by Gasteiger charge is 2.01. The van der Waals surface area contributed by atoms with Gasteiger partial charge >= 0.3 is 0 Å². The molecule has 0 fully saturated rings. The average Bonchev–Trinajstić information content (AvgIpc) is 2.15. The van der Waals surface area contributed by atoms with E-state index in [4.69, 9.17) is 0 Å². The van der Waals surface area contributed by atoms with Crippen molar-refractivity contribution in [3.8, 4) is 0 Å². The van der Waals surface area contributed by atoms with Gasteiger partial charge in [-0.25, -0.2) is 0 Å². The lowest BCUT2D eigenvalue weighted by molar-refractivity contribution is 1.02. The number of para-hydroxylation sites is 1. The first-order valence-electron chi connectivity index (χ1n) is 4.32. The highest BCUT2D eigenvalue weighted by Crippen LogP contribution is 2.20. The molecule has 2 heteroatoms. The van der Waals surface area contributed by atoms with Crippen molar-refractivity contribution in [1.29, 1.82) is 0 Å². The molecule has 1 nitrogen and oxygen atoms in total. The molecule has 0 aliphatic rings. The minimum Gasteiger partial charge on any atom is -0.370 e. The number of hydrogen-bond acceptors (Lipinski definition) is 1. The van der Waals surface area contributed by atoms with Gasteiger partial charge in [0.05, 0.1) is 5.69 Å². The van der Waals surface area contributed by atoms with Gasteiger partial charge in [0.25, 0.3) is 0 Å². The number of likely N-dealkylation sites (N-methyl/N-ethyl adjacent to an activating group) is 1. The first kappa shape index (κ1) is 10.6. The van der Waals surface area contributed by atoms with Gasteiger partial charge in [-0.05, 0) is 41.6 Å². The third-order valence-corrected chi connectivity index (χ3v) is 2.79. The van der Waals surface area contributed by atoms with Crippen LogP contribution in [0.25, 0.3) is 0 Å². The van der Waals surface area contributed by atoms with Gasteiger partial charge in [-0.15, -0.1) is 0 Å². The molecule has 0 saturated heterocycles. The lowest BCUT2D eigenvalue weighted by atomic mass is 10.3. The molecule has 0 aromatic heterocycles. The van der Waals surface area contributed by atoms with Gasteiger partial charge in [-0.3, -0.25) is 0 Å². The fourth-order valence-corrected chi connectivity index (χ4v) is 1.92. The molecule has 1 aromatic carbocycles. The average molecular weight is 287 g/mol. The van der Waals surface area contributed by atoms with Crippen molar-refractivity contribution in [3.63, 3.8) is 0 Å². The summed E-state index contributed by atoms with van der Waals surface area (Å²) in [7, 11) is 2.11. The molecular formula is C11H14IN. The van der Waals surface area contributed by atoms with Crippen LogP contribution in [0.15, 0.2) is 36.4 Å². The van der Waals surface area contributed by atoms with E-state index in [1.165, 1.54) is 9.26 Å². The number of rotatable bonds is 3. The van der Waals surface area contributed by atoms with E-state index in [-0.39, 0.29) is 0 Å². The summed E-state index contributed by atoms with van der Waals surface area (Å²) in [6.07, 6.45) is 4.23. The second-order valence-electron chi connectivity index (χ2n) is 2.90. The van der Waals surface area contributed by atoms with Crippen LogP contribution in [0.1, 0.15) is 6.92 Å². The zero-order valence-corrected chi connectivity index (χ0v) is 10.2. The number of halogens is 1. The molecule has 0 atom stereocenters. The smallest absolute Gasteiger partial charge is 0.0502 e. The zero-order chi connectivity index (χ0) is 9.68. The standard InChI is InChI=1S/C11H14IN/c1-3-4-9-13(2)11-8-6-5-7-10(11)12/h3-8H,9H2,1-2H3/b4-3+. The van der Waals surface area contributed by atoms with E-state index in [9.17, 15) is 0 Å². The Bertz CT molecular complexity index is 294. The van der Waals surface area contributed by atoms with Crippen LogP contribution in [0.2, 0.25) is 0 Å². The molecule has 1 rings (SSSR count). The zero-order valence-electron chi connectivity index (χ0n) is 8.00. The minimum atomic E-state index is 0.969. The monoisotopic (exact) mass is 287 g/mol. The third kappa shape index (κ3) is 3.03. The second kappa shape index (κ2) is 5.27. The fourth-order valence-electron chi connectivity index (χ4n) is 1.12. The van der Waals surface area contributed by atoms with Crippen LogP contribution < -0.4 is 4.90 Å². The topological polar surface area (TPSA) is 3.24 Å². The van der Waals surface area contributed by atoms with E-state index in [2.05, 4.69) is 71.0 Å². The van der Waals surface area contributed by atoms with Crippen LogP contribution in [0.4, 0.5) is 5.69 Å². The molecule has 0 saturated carbocycles. The van der Waals surface area contributed by atoms with Crippen LogP contribution >= 0.6 is 22.6 Å². The van der Waals surface area contributed by atoms with Crippen molar-refractivity contribution in [2.45, 2.75) is 6.92 Å². The van der Waals surface area contributed by atoms with Gasteiger partial charge < -0.3 is 4.90 Å². The Hall–Kier alpha value is -0.510. The van der Waals surface area contributed by atoms with Crippen LogP contribution in [0, 0.1) is 3.57 Å². The molecule has 0 N–H and O–H groups in total. The SMILES string of the molecule is C/C=C/CN(C)c1ccccc1I. The molecule has 0 amide bonds. The summed E-state index contributed by atoms with van der Waals surface area (Å²) in [5.74, 6) is 0. The largest absolute Gasteiger partial charge is 0.370 e. The second-order valence-corrected chi connectivity index (χ2v) is 4.06. The highest BCUT2D eigenvalue weighted by atomic mass is 127. The van der Waals surface area contributed by atoms with Crippen molar-refractivity contribution in [2.24, 2.45) is 0 Å². The Balaban J connectivity index is 2.76. The van der Waals surface area contributed by atoms with Crippen LogP contribution in [-0.4, -0.2) is 13.6 Å². The molecule has 0 heterocycles. The molecule has 0 unspecified atom stereocenters. The lowest BCUT2D eigenvalue weighted by Gasteiger charge is -2.18. The van der Waals surface area contributed by atoms with E-state index in [0.717, 1.165) is 6.54 Å². The number of benzene rings is 1. The summed E-state index contributed by atoms with van der Waals surface area (Å²) in [5, 5.41) is 0. The Labute approximate surface area is 93.6 Å². The Kier molecular flexibility index (Phi) is 4.28. The highest BCUT2D eigenvalue weighted by molar-refractivity contribution is 14.1. The Morgan fingerprint density at radius 3 is 2.69 bits per heavy atom. The summed E-state index contributed by atoms with van der Waals surface area (Å²) in [6, 6.07) is 8.41. The number of allylic oxidation sites excluding steroid dienone is 1. The molecule has 0 radical (unpaired) electrons. The van der Waals surface area contributed by atoms with Crippen LogP contribution in [0.5, 0.6) is 0 Å². The van der Waals surface area contributed by atoms with E-state index in [1.807, 2.05) is 6.92 Å². The van der Waals surface area contributed by atoms with Gasteiger partial charge in [-0.2, -0.15) is 0 Å². The molecule has 13 heavy (non-hydrogen) atoms. The lowest BCUT2D eigenvalue weighted by Crippen LogP contribution is -2.17. The summed E-state index contributed by atoms with van der Waals surface area (Å²) in [5.41, 5.74) is 1.29. The van der Waals surface area contributed by atoms with Crippen molar-refractivity contribution in [2.75, 3.05) is 18.5 Å². The van der Waals surface area contributed by atoms with E-state index >= 15 is 0 Å². The summed E-state index contributed by atoms with van der Waals surface area (Å²) < 4.78 is 1.30. The van der Waals surface area contributed by atoms with Crippen LogP contribution in [0.3, 0.4) is 0 Å². The van der Waals surface area contributed by atoms with Gasteiger partial charge in [0, 0.05) is 17.2 Å². The molecule has 0 aliphatic carbocycles. The first-order chi connectivity index (χ1) is 6.25. The van der Waals surface area contributed by atoms with Gasteiger partial charge in [0.2, 0.25) is 0 Å². The summed E-state index contributed by atoms with van der Waals surface area (Å²) >= 11 is 2.36. The van der Waals surface area contributed by atoms with E-state index < -0.39 is 0 Å².